The van der Waals surface area contributed by atoms with Gasteiger partial charge in [0.15, 0.2) is 0 Å². The number of amidine groups is 1. The minimum Gasteiger partial charge on any atom is -0.497 e. The molecule has 0 aromatic heterocycles. The molecule has 3 amide bonds. The molecule has 2 aliphatic heterocycles. The predicted octanol–water partition coefficient (Wildman–Crippen LogP) is 2.67. The van der Waals surface area contributed by atoms with Crippen molar-refractivity contribution >= 4 is 23.6 Å². The maximum absolute atomic E-state index is 12.8. The van der Waals surface area contributed by atoms with Gasteiger partial charge in [-0.1, -0.05) is 18.2 Å². The summed E-state index contributed by atoms with van der Waals surface area (Å²) in [6.45, 7) is 0.962. The van der Waals surface area contributed by atoms with Gasteiger partial charge in [-0.05, 0) is 29.8 Å². The number of benzene rings is 2. The molecule has 2 aromatic rings. The van der Waals surface area contributed by atoms with Gasteiger partial charge in [-0.2, -0.15) is 5.26 Å². The van der Waals surface area contributed by atoms with Crippen LogP contribution in [0.2, 0.25) is 0 Å². The Morgan fingerprint density at radius 1 is 1.26 bits per heavy atom. The lowest BCUT2D eigenvalue weighted by Gasteiger charge is -2.21. The minimum atomic E-state index is -0.470. The highest BCUT2D eigenvalue weighted by molar-refractivity contribution is 6.08. The normalized spacial score (nSPS) is 15.2. The summed E-state index contributed by atoms with van der Waals surface area (Å²) in [4.78, 5) is 32.5. The second kappa shape index (κ2) is 8.59. The van der Waals surface area contributed by atoms with Crippen molar-refractivity contribution in [3.05, 3.63) is 71.6 Å². The zero-order chi connectivity index (χ0) is 21.8. The van der Waals surface area contributed by atoms with Crippen LogP contribution in [0.3, 0.4) is 0 Å². The summed E-state index contributed by atoms with van der Waals surface area (Å²) >= 11 is 0. The molecule has 0 atom stereocenters. The zero-order valence-corrected chi connectivity index (χ0v) is 16.7. The van der Waals surface area contributed by atoms with Gasteiger partial charge in [-0.3, -0.25) is 9.69 Å². The van der Waals surface area contributed by atoms with E-state index in [2.05, 4.69) is 16.4 Å². The van der Waals surface area contributed by atoms with Gasteiger partial charge >= 0.3 is 12.1 Å². The number of hydrogen-bond donors (Lipinski definition) is 1. The maximum Gasteiger partial charge on any atom is 0.348 e. The third-order valence-corrected chi connectivity index (χ3v) is 4.84. The topological polar surface area (TPSA) is 107 Å². The lowest BCUT2D eigenvalue weighted by molar-refractivity contribution is -0.113. The molecule has 2 aliphatic rings. The van der Waals surface area contributed by atoms with E-state index in [1.54, 1.807) is 59.4 Å². The number of rotatable bonds is 5. The fourth-order valence-corrected chi connectivity index (χ4v) is 3.29. The Kier molecular flexibility index (Phi) is 5.53. The highest BCUT2D eigenvalue weighted by Gasteiger charge is 2.33. The molecule has 0 aliphatic carbocycles. The quantitative estimate of drug-likeness (QED) is 0.802. The van der Waals surface area contributed by atoms with E-state index < -0.39 is 6.03 Å². The molecule has 1 N–H and O–H groups in total. The fourth-order valence-electron chi connectivity index (χ4n) is 3.29. The summed E-state index contributed by atoms with van der Waals surface area (Å²) in [5, 5.41) is 11.9. The van der Waals surface area contributed by atoms with E-state index in [-0.39, 0.29) is 17.6 Å². The highest BCUT2D eigenvalue weighted by Crippen LogP contribution is 2.23. The Morgan fingerprint density at radius 3 is 2.90 bits per heavy atom. The molecule has 9 nitrogen and oxygen atoms in total. The van der Waals surface area contributed by atoms with Crippen molar-refractivity contribution in [3.8, 4) is 11.8 Å². The van der Waals surface area contributed by atoms with Crippen LogP contribution in [-0.2, 0) is 16.1 Å². The van der Waals surface area contributed by atoms with Crippen molar-refractivity contribution in [3.63, 3.8) is 0 Å². The first kappa shape index (κ1) is 20.0. The van der Waals surface area contributed by atoms with Crippen molar-refractivity contribution in [1.29, 1.82) is 5.26 Å². The molecule has 9 heteroatoms. The molecule has 0 bridgehead atoms. The van der Waals surface area contributed by atoms with Gasteiger partial charge in [0, 0.05) is 31.4 Å². The number of nitrogens with one attached hydrogen (secondary N) is 1. The lowest BCUT2D eigenvalue weighted by Crippen LogP contribution is -2.36. The molecule has 31 heavy (non-hydrogen) atoms. The highest BCUT2D eigenvalue weighted by atomic mass is 16.5. The van der Waals surface area contributed by atoms with E-state index in [0.29, 0.717) is 36.6 Å². The molecule has 0 saturated heterocycles. The molecular formula is C22H19N5O4. The summed E-state index contributed by atoms with van der Waals surface area (Å²) in [5.41, 5.74) is 2.17. The number of aliphatic imine (C=N–C) groups is 1. The Labute approximate surface area is 178 Å². The first-order chi connectivity index (χ1) is 15.1. The third kappa shape index (κ3) is 4.33. The number of ether oxygens (including phenoxy) is 2. The number of hydrogen-bond acceptors (Lipinski definition) is 6. The number of carbonyl (C=O) groups excluding carboxylic acids is 2. The number of nitrogens with zero attached hydrogens (tertiary/aromatic N) is 4. The SMILES string of the molecule is COc1cccc(NC(=O)C2=COC3=NC(=O)N(Cc4cccc(C#N)c4)CCN23)c1. The van der Waals surface area contributed by atoms with Crippen LogP contribution in [0.25, 0.3) is 0 Å². The minimum absolute atomic E-state index is 0.0640. The number of anilines is 1. The van der Waals surface area contributed by atoms with Crippen molar-refractivity contribution < 1.29 is 19.1 Å². The number of nitriles is 1. The van der Waals surface area contributed by atoms with E-state index in [1.165, 1.54) is 6.26 Å². The van der Waals surface area contributed by atoms with Crippen molar-refractivity contribution in [2.45, 2.75) is 6.54 Å². The van der Waals surface area contributed by atoms with Crippen LogP contribution >= 0.6 is 0 Å². The Bertz CT molecular complexity index is 1130. The summed E-state index contributed by atoms with van der Waals surface area (Å²) in [6.07, 6.45) is 1.29. The number of methoxy groups -OCH3 is 1. The molecular weight excluding hydrogens is 398 g/mol. The molecule has 4 rings (SSSR count). The monoisotopic (exact) mass is 417 g/mol. The van der Waals surface area contributed by atoms with Gasteiger partial charge in [0.1, 0.15) is 17.7 Å². The van der Waals surface area contributed by atoms with Crippen LogP contribution in [0.15, 0.2) is 65.5 Å². The van der Waals surface area contributed by atoms with Gasteiger partial charge in [0.25, 0.3) is 5.91 Å². The molecule has 2 heterocycles. The molecule has 0 spiro atoms. The summed E-state index contributed by atoms with van der Waals surface area (Å²) in [6, 6.07) is 15.7. The Morgan fingerprint density at radius 2 is 2.10 bits per heavy atom. The summed E-state index contributed by atoms with van der Waals surface area (Å²) in [5.74, 6) is 0.231. The zero-order valence-electron chi connectivity index (χ0n) is 16.7. The van der Waals surface area contributed by atoms with E-state index in [0.717, 1.165) is 5.56 Å². The average Bonchev–Trinajstić information content (AvgIpc) is 3.12. The molecule has 2 aromatic carbocycles. The average molecular weight is 417 g/mol. The lowest BCUT2D eigenvalue weighted by atomic mass is 10.1. The standard InChI is InChI=1S/C22H19N5O4/c1-30-18-7-3-6-17(11-18)24-20(28)19-14-31-22-25-21(29)26(8-9-27(19)22)13-16-5-2-4-15(10-16)12-23/h2-7,10-11,14H,8-9,13H2,1H3,(H,24,28). The van der Waals surface area contributed by atoms with E-state index in [9.17, 15) is 9.59 Å². The van der Waals surface area contributed by atoms with Gasteiger partial charge in [-0.25, -0.2) is 4.79 Å². The van der Waals surface area contributed by atoms with Crippen LogP contribution < -0.4 is 10.1 Å². The van der Waals surface area contributed by atoms with Gasteiger partial charge in [0.05, 0.1) is 18.7 Å². The maximum atomic E-state index is 12.8. The van der Waals surface area contributed by atoms with Gasteiger partial charge in [-0.15, -0.1) is 4.99 Å². The first-order valence-corrected chi connectivity index (χ1v) is 9.54. The van der Waals surface area contributed by atoms with E-state index in [4.69, 9.17) is 14.7 Å². The molecule has 0 unspecified atom stereocenters. The number of carbonyl (C=O) groups is 2. The van der Waals surface area contributed by atoms with Gasteiger partial charge < -0.3 is 19.7 Å². The van der Waals surface area contributed by atoms with E-state index in [1.807, 2.05) is 6.07 Å². The van der Waals surface area contributed by atoms with Crippen molar-refractivity contribution in [2.75, 3.05) is 25.5 Å². The van der Waals surface area contributed by atoms with Crippen molar-refractivity contribution in [2.24, 2.45) is 4.99 Å². The van der Waals surface area contributed by atoms with Crippen LogP contribution in [0.4, 0.5) is 10.5 Å². The largest absolute Gasteiger partial charge is 0.497 e. The fraction of sp³-hybridized carbons (Fsp3) is 0.182. The van der Waals surface area contributed by atoms with Crippen LogP contribution in [0, 0.1) is 11.3 Å². The second-order valence-corrected chi connectivity index (χ2v) is 6.87. The Hall–Kier alpha value is -4.32. The molecule has 0 radical (unpaired) electrons. The second-order valence-electron chi connectivity index (χ2n) is 6.87. The van der Waals surface area contributed by atoms with Crippen LogP contribution in [-0.4, -0.2) is 48.0 Å². The number of amides is 3. The van der Waals surface area contributed by atoms with Crippen LogP contribution in [0.5, 0.6) is 5.75 Å². The summed E-state index contributed by atoms with van der Waals surface area (Å²) < 4.78 is 10.6. The van der Waals surface area contributed by atoms with E-state index >= 15 is 0 Å². The molecule has 0 fully saturated rings. The van der Waals surface area contributed by atoms with Crippen molar-refractivity contribution in [1.82, 2.24) is 9.80 Å². The predicted molar refractivity (Wildman–Crippen MR) is 112 cm³/mol. The smallest absolute Gasteiger partial charge is 0.348 e. The number of fused-ring (bicyclic) bond motifs is 1. The Balaban J connectivity index is 1.45. The first-order valence-electron chi connectivity index (χ1n) is 9.54. The van der Waals surface area contributed by atoms with Crippen LogP contribution in [0.1, 0.15) is 11.1 Å². The number of urea groups is 1. The molecule has 156 valence electrons. The molecule has 0 saturated carbocycles. The van der Waals surface area contributed by atoms with Gasteiger partial charge in [0.2, 0.25) is 0 Å². The summed E-state index contributed by atoms with van der Waals surface area (Å²) in [7, 11) is 1.55. The third-order valence-electron chi connectivity index (χ3n) is 4.84.